The smallest absolute Gasteiger partial charge is 0.320 e. The van der Waals surface area contributed by atoms with E-state index in [1.54, 1.807) is 6.20 Å². The minimum Gasteiger partial charge on any atom is -0.480 e. The predicted octanol–water partition coefficient (Wildman–Crippen LogP) is 2.22. The highest BCUT2D eigenvalue weighted by Crippen LogP contribution is 2.28. The van der Waals surface area contributed by atoms with Crippen LogP contribution in [0.1, 0.15) is 37.8 Å². The molecule has 0 aromatic carbocycles. The molecule has 1 N–H and O–H groups in total. The Morgan fingerprint density at radius 3 is 3.00 bits per heavy atom. The summed E-state index contributed by atoms with van der Waals surface area (Å²) in [5.41, 5.74) is 0.725. The molecule has 2 heterocycles. The minimum atomic E-state index is -0.800. The molecule has 0 radical (unpaired) electrons. The number of piperidine rings is 1. The van der Waals surface area contributed by atoms with Crippen LogP contribution in [0.2, 0.25) is 0 Å². The van der Waals surface area contributed by atoms with Crippen molar-refractivity contribution in [3.05, 3.63) is 29.8 Å². The van der Waals surface area contributed by atoms with E-state index in [-0.39, 0.29) is 11.9 Å². The first-order valence-electron chi connectivity index (χ1n) is 6.18. The Morgan fingerprint density at radius 2 is 2.33 bits per heavy atom. The molecule has 1 saturated heterocycles. The molecule has 2 atom stereocenters. The Morgan fingerprint density at radius 1 is 1.56 bits per heavy atom. The fraction of sp³-hybridized carbons (Fsp3) is 0.538. The number of pyridine rings is 1. The monoisotopic (exact) mass is 252 g/mol. The van der Waals surface area contributed by atoms with Gasteiger partial charge in [0.15, 0.2) is 0 Å². The van der Waals surface area contributed by atoms with Gasteiger partial charge in [0.1, 0.15) is 11.9 Å². The molecule has 1 aromatic heterocycles. The van der Waals surface area contributed by atoms with E-state index in [0.717, 1.165) is 31.1 Å². The number of nitrogens with zero attached hydrogens (tertiary/aromatic N) is 2. The lowest BCUT2D eigenvalue weighted by atomic mass is 9.98. The van der Waals surface area contributed by atoms with Gasteiger partial charge < -0.3 is 5.11 Å². The van der Waals surface area contributed by atoms with Crippen LogP contribution in [0.4, 0.5) is 4.39 Å². The molecule has 18 heavy (non-hydrogen) atoms. The lowest BCUT2D eigenvalue weighted by Gasteiger charge is -2.37. The number of rotatable bonds is 3. The van der Waals surface area contributed by atoms with Gasteiger partial charge in [0.25, 0.3) is 0 Å². The predicted molar refractivity (Wildman–Crippen MR) is 64.6 cm³/mol. The molecular weight excluding hydrogens is 235 g/mol. The maximum Gasteiger partial charge on any atom is 0.320 e. The van der Waals surface area contributed by atoms with E-state index in [2.05, 4.69) is 4.98 Å². The fourth-order valence-electron chi connectivity index (χ4n) is 2.53. The summed E-state index contributed by atoms with van der Waals surface area (Å²) in [6.45, 7) is 2.63. The van der Waals surface area contributed by atoms with Crippen LogP contribution in [0.25, 0.3) is 0 Å². The standard InChI is InChI=1S/C13H17FN2O2/c1-9(10-6-11(14)8-15-7-10)16-5-3-2-4-12(16)13(17)18/h6-9,12H,2-5H2,1H3,(H,17,18). The largest absolute Gasteiger partial charge is 0.480 e. The van der Waals surface area contributed by atoms with Gasteiger partial charge in [0, 0.05) is 12.2 Å². The molecule has 0 spiro atoms. The SMILES string of the molecule is CC(c1cncc(F)c1)N1CCCCC1C(=O)O. The van der Waals surface area contributed by atoms with Crippen molar-refractivity contribution in [1.29, 1.82) is 0 Å². The number of carboxylic acid groups (broad SMARTS) is 1. The second-order valence-corrected chi connectivity index (χ2v) is 4.70. The average Bonchev–Trinajstić information content (AvgIpc) is 2.38. The van der Waals surface area contributed by atoms with Crippen molar-refractivity contribution in [3.63, 3.8) is 0 Å². The molecule has 1 aliphatic rings. The molecule has 0 saturated carbocycles. The van der Waals surface area contributed by atoms with Crippen molar-refractivity contribution >= 4 is 5.97 Å². The van der Waals surface area contributed by atoms with Crippen molar-refractivity contribution in [3.8, 4) is 0 Å². The third-order valence-electron chi connectivity index (χ3n) is 3.54. The van der Waals surface area contributed by atoms with Crippen LogP contribution < -0.4 is 0 Å². The second kappa shape index (κ2) is 5.44. The van der Waals surface area contributed by atoms with E-state index in [1.165, 1.54) is 6.07 Å². The molecule has 0 aliphatic carbocycles. The summed E-state index contributed by atoms with van der Waals surface area (Å²) < 4.78 is 13.2. The summed E-state index contributed by atoms with van der Waals surface area (Å²) >= 11 is 0. The number of halogens is 1. The molecule has 1 aromatic rings. The van der Waals surface area contributed by atoms with E-state index >= 15 is 0 Å². The molecule has 4 nitrogen and oxygen atoms in total. The quantitative estimate of drug-likeness (QED) is 0.896. The summed E-state index contributed by atoms with van der Waals surface area (Å²) in [6.07, 6.45) is 5.32. The summed E-state index contributed by atoms with van der Waals surface area (Å²) in [4.78, 5) is 17.0. The lowest BCUT2D eigenvalue weighted by molar-refractivity contribution is -0.145. The maximum atomic E-state index is 13.2. The molecule has 98 valence electrons. The molecule has 0 amide bonds. The maximum absolute atomic E-state index is 13.2. The molecule has 1 aliphatic heterocycles. The van der Waals surface area contributed by atoms with Gasteiger partial charge in [-0.3, -0.25) is 14.7 Å². The molecule has 0 bridgehead atoms. The van der Waals surface area contributed by atoms with Gasteiger partial charge in [-0.15, -0.1) is 0 Å². The first kappa shape index (κ1) is 13.0. The number of hydrogen-bond acceptors (Lipinski definition) is 3. The first-order valence-corrected chi connectivity index (χ1v) is 6.18. The molecule has 5 heteroatoms. The van der Waals surface area contributed by atoms with Crippen LogP contribution >= 0.6 is 0 Å². The van der Waals surface area contributed by atoms with Gasteiger partial charge >= 0.3 is 5.97 Å². The van der Waals surface area contributed by atoms with Gasteiger partial charge in [-0.25, -0.2) is 4.39 Å². The van der Waals surface area contributed by atoms with Crippen LogP contribution in [0, 0.1) is 5.82 Å². The Kier molecular flexibility index (Phi) is 3.91. The number of aliphatic carboxylic acids is 1. The zero-order valence-corrected chi connectivity index (χ0v) is 10.3. The molecule has 1 fully saturated rings. The van der Waals surface area contributed by atoms with Crippen LogP contribution in [-0.2, 0) is 4.79 Å². The Bertz CT molecular complexity index is 439. The fourth-order valence-corrected chi connectivity index (χ4v) is 2.53. The van der Waals surface area contributed by atoms with Gasteiger partial charge in [-0.1, -0.05) is 6.42 Å². The second-order valence-electron chi connectivity index (χ2n) is 4.70. The minimum absolute atomic E-state index is 0.130. The summed E-state index contributed by atoms with van der Waals surface area (Å²) in [7, 11) is 0. The van der Waals surface area contributed by atoms with Gasteiger partial charge in [-0.2, -0.15) is 0 Å². The van der Waals surface area contributed by atoms with Crippen molar-refractivity contribution in [1.82, 2.24) is 9.88 Å². The van der Waals surface area contributed by atoms with E-state index in [9.17, 15) is 14.3 Å². The molecule has 2 rings (SSSR count). The van der Waals surface area contributed by atoms with E-state index in [4.69, 9.17) is 0 Å². The zero-order chi connectivity index (χ0) is 13.1. The summed E-state index contributed by atoms with van der Waals surface area (Å²) in [5.74, 6) is -1.19. The normalized spacial score (nSPS) is 22.7. The van der Waals surface area contributed by atoms with E-state index in [0.29, 0.717) is 6.42 Å². The first-order chi connectivity index (χ1) is 8.59. The third-order valence-corrected chi connectivity index (χ3v) is 3.54. The van der Waals surface area contributed by atoms with Crippen molar-refractivity contribution < 1.29 is 14.3 Å². The van der Waals surface area contributed by atoms with Gasteiger partial charge in [-0.05, 0) is 37.9 Å². The Hall–Kier alpha value is -1.49. The van der Waals surface area contributed by atoms with Gasteiger partial charge in [0.2, 0.25) is 0 Å². The van der Waals surface area contributed by atoms with Crippen LogP contribution in [0.5, 0.6) is 0 Å². The summed E-state index contributed by atoms with van der Waals surface area (Å²) in [5, 5.41) is 9.23. The Labute approximate surface area is 105 Å². The van der Waals surface area contributed by atoms with E-state index < -0.39 is 12.0 Å². The van der Waals surface area contributed by atoms with Crippen LogP contribution in [0.3, 0.4) is 0 Å². The van der Waals surface area contributed by atoms with Crippen molar-refractivity contribution in [2.75, 3.05) is 6.54 Å². The number of carbonyl (C=O) groups is 1. The van der Waals surface area contributed by atoms with Crippen LogP contribution in [0.15, 0.2) is 18.5 Å². The van der Waals surface area contributed by atoms with Crippen molar-refractivity contribution in [2.45, 2.75) is 38.3 Å². The van der Waals surface area contributed by atoms with Crippen molar-refractivity contribution in [2.24, 2.45) is 0 Å². The van der Waals surface area contributed by atoms with E-state index in [1.807, 2.05) is 11.8 Å². The number of carboxylic acids is 1. The number of hydrogen-bond donors (Lipinski definition) is 1. The van der Waals surface area contributed by atoms with Crippen LogP contribution in [-0.4, -0.2) is 33.5 Å². The molecular formula is C13H17FN2O2. The topological polar surface area (TPSA) is 53.4 Å². The lowest BCUT2D eigenvalue weighted by Crippen LogP contribution is -2.45. The zero-order valence-electron chi connectivity index (χ0n) is 10.3. The highest BCUT2D eigenvalue weighted by Gasteiger charge is 2.32. The van der Waals surface area contributed by atoms with Gasteiger partial charge in [0.05, 0.1) is 6.20 Å². The third kappa shape index (κ3) is 2.67. The average molecular weight is 252 g/mol. The highest BCUT2D eigenvalue weighted by molar-refractivity contribution is 5.73. The Balaban J connectivity index is 2.20. The highest BCUT2D eigenvalue weighted by atomic mass is 19.1. The number of aromatic nitrogens is 1. The number of likely N-dealkylation sites (tertiary alicyclic amines) is 1. The molecule has 2 unspecified atom stereocenters. The summed E-state index contributed by atoms with van der Waals surface area (Å²) in [6, 6.07) is 0.817.